The van der Waals surface area contributed by atoms with Crippen molar-refractivity contribution in [2.24, 2.45) is 5.73 Å². The molecule has 0 radical (unpaired) electrons. The van der Waals surface area contributed by atoms with E-state index in [0.717, 1.165) is 0 Å². The Morgan fingerprint density at radius 2 is 2.40 bits per heavy atom. The minimum atomic E-state index is -0.0354. The largest absolute Gasteiger partial charge is 0.373 e. The van der Waals surface area contributed by atoms with Crippen LogP contribution in [0.4, 0.5) is 0 Å². The monoisotopic (exact) mass is 216 g/mol. The van der Waals surface area contributed by atoms with E-state index in [1.807, 2.05) is 13.8 Å². The number of rotatable bonds is 4. The Hall–Kier alpha value is -0.650. The van der Waals surface area contributed by atoms with Gasteiger partial charge in [0.05, 0.1) is 18.8 Å². The second-order valence-corrected chi connectivity index (χ2v) is 3.72. The van der Waals surface area contributed by atoms with Crippen molar-refractivity contribution in [2.75, 3.05) is 32.9 Å². The van der Waals surface area contributed by atoms with E-state index in [0.29, 0.717) is 26.3 Å². The summed E-state index contributed by atoms with van der Waals surface area (Å²) < 4.78 is 10.6. The second-order valence-electron chi connectivity index (χ2n) is 3.72. The fourth-order valence-electron chi connectivity index (χ4n) is 1.58. The molecule has 1 aliphatic rings. The third-order valence-electron chi connectivity index (χ3n) is 2.52. The predicted molar refractivity (Wildman–Crippen MR) is 56.5 cm³/mol. The highest BCUT2D eigenvalue weighted by Crippen LogP contribution is 2.11. The van der Waals surface area contributed by atoms with E-state index in [1.54, 1.807) is 4.90 Å². The fraction of sp³-hybridized carbons (Fsp3) is 0.900. The van der Waals surface area contributed by atoms with Gasteiger partial charge in [-0.3, -0.25) is 4.79 Å². The minimum Gasteiger partial charge on any atom is -0.373 e. The van der Waals surface area contributed by atoms with E-state index < -0.39 is 0 Å². The van der Waals surface area contributed by atoms with E-state index in [9.17, 15) is 4.79 Å². The Kier molecular flexibility index (Phi) is 5.01. The Morgan fingerprint density at radius 3 is 3.00 bits per heavy atom. The van der Waals surface area contributed by atoms with Crippen LogP contribution >= 0.6 is 0 Å². The molecular weight excluding hydrogens is 196 g/mol. The zero-order valence-electron chi connectivity index (χ0n) is 9.44. The molecule has 2 N–H and O–H groups in total. The molecule has 0 bridgehead atoms. The summed E-state index contributed by atoms with van der Waals surface area (Å²) in [7, 11) is 0. The van der Waals surface area contributed by atoms with Gasteiger partial charge in [-0.2, -0.15) is 0 Å². The first-order valence-electron chi connectivity index (χ1n) is 5.37. The lowest BCUT2D eigenvalue weighted by atomic mass is 10.2. The van der Waals surface area contributed by atoms with Gasteiger partial charge in [0.25, 0.3) is 0 Å². The van der Waals surface area contributed by atoms with E-state index in [-0.39, 0.29) is 24.7 Å². The molecule has 2 atom stereocenters. The van der Waals surface area contributed by atoms with Crippen molar-refractivity contribution in [2.45, 2.75) is 26.0 Å². The molecule has 0 aromatic heterocycles. The highest BCUT2D eigenvalue weighted by molar-refractivity contribution is 5.77. The Labute approximate surface area is 90.5 Å². The van der Waals surface area contributed by atoms with Crippen LogP contribution < -0.4 is 5.73 Å². The second kappa shape index (κ2) is 6.05. The summed E-state index contributed by atoms with van der Waals surface area (Å²) in [4.78, 5) is 13.5. The number of nitrogens with two attached hydrogens (primary N) is 1. The van der Waals surface area contributed by atoms with Gasteiger partial charge < -0.3 is 20.1 Å². The summed E-state index contributed by atoms with van der Waals surface area (Å²) in [6.45, 7) is 6.13. The van der Waals surface area contributed by atoms with Crippen LogP contribution in [0.25, 0.3) is 0 Å². The van der Waals surface area contributed by atoms with Gasteiger partial charge in [-0.25, -0.2) is 0 Å². The van der Waals surface area contributed by atoms with Crippen molar-refractivity contribution in [3.8, 4) is 0 Å². The van der Waals surface area contributed by atoms with Crippen LogP contribution in [0, 0.1) is 0 Å². The maximum atomic E-state index is 11.7. The van der Waals surface area contributed by atoms with Gasteiger partial charge in [-0.15, -0.1) is 0 Å². The van der Waals surface area contributed by atoms with Crippen molar-refractivity contribution in [3.05, 3.63) is 0 Å². The quantitative estimate of drug-likeness (QED) is 0.694. The molecule has 1 saturated heterocycles. The van der Waals surface area contributed by atoms with Gasteiger partial charge in [0.15, 0.2) is 0 Å². The SMILES string of the molecule is CCOCC(=O)N1CC(CN)OCC1C. The number of ether oxygens (including phenoxy) is 2. The first-order chi connectivity index (χ1) is 7.19. The summed E-state index contributed by atoms with van der Waals surface area (Å²) in [5.74, 6) is 0.0195. The van der Waals surface area contributed by atoms with Crippen LogP contribution in [0.3, 0.4) is 0 Å². The van der Waals surface area contributed by atoms with Crippen LogP contribution in [0.1, 0.15) is 13.8 Å². The molecule has 0 spiro atoms. The Balaban J connectivity index is 2.46. The number of morpholine rings is 1. The molecule has 1 fully saturated rings. The molecule has 15 heavy (non-hydrogen) atoms. The first kappa shape index (κ1) is 12.4. The van der Waals surface area contributed by atoms with E-state index in [4.69, 9.17) is 15.2 Å². The lowest BCUT2D eigenvalue weighted by molar-refractivity contribution is -0.148. The van der Waals surface area contributed by atoms with Crippen LogP contribution in [0.2, 0.25) is 0 Å². The van der Waals surface area contributed by atoms with Crippen molar-refractivity contribution in [1.29, 1.82) is 0 Å². The van der Waals surface area contributed by atoms with Gasteiger partial charge >= 0.3 is 0 Å². The fourth-order valence-corrected chi connectivity index (χ4v) is 1.58. The smallest absolute Gasteiger partial charge is 0.248 e. The van der Waals surface area contributed by atoms with Crippen molar-refractivity contribution in [1.82, 2.24) is 4.90 Å². The third-order valence-corrected chi connectivity index (χ3v) is 2.52. The molecule has 1 amide bonds. The average molecular weight is 216 g/mol. The molecule has 1 heterocycles. The maximum absolute atomic E-state index is 11.7. The summed E-state index contributed by atoms with van der Waals surface area (Å²) in [6.07, 6.45) is -0.0354. The normalized spacial score (nSPS) is 26.7. The molecule has 0 aromatic carbocycles. The molecule has 5 heteroatoms. The summed E-state index contributed by atoms with van der Waals surface area (Å²) in [6, 6.07) is 0.112. The number of amides is 1. The molecular formula is C10H20N2O3. The lowest BCUT2D eigenvalue weighted by Crippen LogP contribution is -2.53. The zero-order chi connectivity index (χ0) is 11.3. The number of carbonyl (C=O) groups is 1. The molecule has 0 aliphatic carbocycles. The van der Waals surface area contributed by atoms with Crippen molar-refractivity contribution >= 4 is 5.91 Å². The number of hydrogen-bond acceptors (Lipinski definition) is 4. The number of carbonyl (C=O) groups excluding carboxylic acids is 1. The van der Waals surface area contributed by atoms with Crippen LogP contribution in [-0.4, -0.2) is 55.9 Å². The molecule has 1 rings (SSSR count). The molecule has 88 valence electrons. The standard InChI is InChI=1S/C10H20N2O3/c1-3-14-7-10(13)12-5-9(4-11)15-6-8(12)2/h8-9H,3-7,11H2,1-2H3. The zero-order valence-corrected chi connectivity index (χ0v) is 9.44. The minimum absolute atomic E-state index is 0.0195. The summed E-state index contributed by atoms with van der Waals surface area (Å²) in [5, 5.41) is 0. The molecule has 0 aromatic rings. The van der Waals surface area contributed by atoms with Gasteiger partial charge in [0.1, 0.15) is 6.61 Å². The van der Waals surface area contributed by atoms with Crippen LogP contribution in [-0.2, 0) is 14.3 Å². The maximum Gasteiger partial charge on any atom is 0.248 e. The highest BCUT2D eigenvalue weighted by Gasteiger charge is 2.28. The van der Waals surface area contributed by atoms with Gasteiger partial charge in [-0.05, 0) is 13.8 Å². The van der Waals surface area contributed by atoms with Gasteiger partial charge in [0, 0.05) is 19.7 Å². The third kappa shape index (κ3) is 3.44. The highest BCUT2D eigenvalue weighted by atomic mass is 16.5. The van der Waals surface area contributed by atoms with Gasteiger partial charge in [-0.1, -0.05) is 0 Å². The topological polar surface area (TPSA) is 64.8 Å². The summed E-state index contributed by atoms with van der Waals surface area (Å²) in [5.41, 5.74) is 5.52. The lowest BCUT2D eigenvalue weighted by Gasteiger charge is -2.37. The van der Waals surface area contributed by atoms with Crippen molar-refractivity contribution < 1.29 is 14.3 Å². The first-order valence-corrected chi connectivity index (χ1v) is 5.37. The van der Waals surface area contributed by atoms with Crippen LogP contribution in [0.5, 0.6) is 0 Å². The molecule has 1 aliphatic heterocycles. The van der Waals surface area contributed by atoms with E-state index in [2.05, 4.69) is 0 Å². The Bertz CT molecular complexity index is 211. The molecule has 0 saturated carbocycles. The average Bonchev–Trinajstić information content (AvgIpc) is 2.26. The van der Waals surface area contributed by atoms with E-state index in [1.165, 1.54) is 0 Å². The number of nitrogens with zero attached hydrogens (tertiary/aromatic N) is 1. The predicted octanol–water partition coefficient (Wildman–Crippen LogP) is -0.402. The van der Waals surface area contributed by atoms with E-state index >= 15 is 0 Å². The number of hydrogen-bond donors (Lipinski definition) is 1. The Morgan fingerprint density at radius 1 is 1.67 bits per heavy atom. The van der Waals surface area contributed by atoms with Gasteiger partial charge in [0.2, 0.25) is 5.91 Å². The van der Waals surface area contributed by atoms with Crippen LogP contribution in [0.15, 0.2) is 0 Å². The van der Waals surface area contributed by atoms with Crippen molar-refractivity contribution in [3.63, 3.8) is 0 Å². The molecule has 5 nitrogen and oxygen atoms in total. The summed E-state index contributed by atoms with van der Waals surface area (Å²) >= 11 is 0. The molecule has 2 unspecified atom stereocenters.